The third-order valence-electron chi connectivity index (χ3n) is 4.33. The van der Waals surface area contributed by atoms with Crippen LogP contribution < -0.4 is 10.6 Å². The fourth-order valence-electron chi connectivity index (χ4n) is 3.06. The van der Waals surface area contributed by atoms with Gasteiger partial charge in [-0.2, -0.15) is 0 Å². The predicted octanol–water partition coefficient (Wildman–Crippen LogP) is 2.71. The van der Waals surface area contributed by atoms with E-state index in [-0.39, 0.29) is 11.8 Å². The molecule has 1 atom stereocenters. The molecule has 1 amide bonds. The van der Waals surface area contributed by atoms with Crippen molar-refractivity contribution in [3.63, 3.8) is 0 Å². The summed E-state index contributed by atoms with van der Waals surface area (Å²) in [6, 6.07) is 12.0. The molecule has 2 aromatic heterocycles. The van der Waals surface area contributed by atoms with Crippen LogP contribution in [0.15, 0.2) is 54.2 Å². The fourth-order valence-corrected chi connectivity index (χ4v) is 3.80. The van der Waals surface area contributed by atoms with Crippen molar-refractivity contribution in [2.24, 2.45) is 0 Å². The summed E-state index contributed by atoms with van der Waals surface area (Å²) in [5.41, 5.74) is 4.20. The molecule has 1 unspecified atom stereocenters. The third kappa shape index (κ3) is 3.45. The van der Waals surface area contributed by atoms with Crippen LogP contribution in [0.1, 0.15) is 22.1 Å². The number of nitrogens with one attached hydrogen (secondary N) is 2. The molecule has 126 valence electrons. The Kier molecular flexibility index (Phi) is 4.54. The van der Waals surface area contributed by atoms with E-state index in [1.54, 1.807) is 23.7 Å². The Morgan fingerprint density at radius 1 is 1.28 bits per heavy atom. The Bertz CT molecular complexity index is 878. The minimum atomic E-state index is -0.150. The first-order chi connectivity index (χ1) is 12.3. The third-order valence-corrected chi connectivity index (χ3v) is 5.18. The minimum Gasteiger partial charge on any atom is -0.349 e. The van der Waals surface area contributed by atoms with E-state index >= 15 is 0 Å². The maximum Gasteiger partial charge on any atom is 0.229 e. The monoisotopic (exact) mass is 350 g/mol. The van der Waals surface area contributed by atoms with Crippen LogP contribution in [0.3, 0.4) is 0 Å². The number of aromatic nitrogens is 2. The summed E-state index contributed by atoms with van der Waals surface area (Å²) >= 11 is 1.55. The van der Waals surface area contributed by atoms with Gasteiger partial charge in [-0.15, -0.1) is 11.3 Å². The van der Waals surface area contributed by atoms with E-state index in [1.165, 1.54) is 5.56 Å². The second kappa shape index (κ2) is 7.13. The van der Waals surface area contributed by atoms with E-state index in [2.05, 4.69) is 26.7 Å². The molecule has 3 heterocycles. The van der Waals surface area contributed by atoms with Gasteiger partial charge in [-0.1, -0.05) is 24.3 Å². The summed E-state index contributed by atoms with van der Waals surface area (Å²) in [6.07, 6.45) is 3.54. The van der Waals surface area contributed by atoms with E-state index in [0.717, 1.165) is 28.4 Å². The van der Waals surface area contributed by atoms with Gasteiger partial charge in [0, 0.05) is 36.4 Å². The molecule has 0 radical (unpaired) electrons. The number of thiazole rings is 1. The zero-order valence-electron chi connectivity index (χ0n) is 13.6. The van der Waals surface area contributed by atoms with Gasteiger partial charge >= 0.3 is 0 Å². The molecule has 1 aromatic carbocycles. The number of rotatable bonds is 4. The van der Waals surface area contributed by atoms with Gasteiger partial charge in [0.05, 0.1) is 18.2 Å². The Morgan fingerprint density at radius 3 is 3.08 bits per heavy atom. The fraction of sp³-hybridized carbons (Fsp3) is 0.211. The van der Waals surface area contributed by atoms with Gasteiger partial charge in [-0.25, -0.2) is 4.98 Å². The van der Waals surface area contributed by atoms with Gasteiger partial charge in [0.15, 0.2) is 0 Å². The zero-order chi connectivity index (χ0) is 17.1. The molecule has 0 saturated carbocycles. The molecule has 0 fully saturated rings. The molecule has 1 aliphatic rings. The number of carbonyl (C=O) groups excluding carboxylic acids is 1. The lowest BCUT2D eigenvalue weighted by Gasteiger charge is -2.25. The Morgan fingerprint density at radius 2 is 2.20 bits per heavy atom. The summed E-state index contributed by atoms with van der Waals surface area (Å²) in [5.74, 6) is -0.111. The second-order valence-corrected chi connectivity index (χ2v) is 6.91. The first kappa shape index (κ1) is 15.9. The van der Waals surface area contributed by atoms with Crippen LogP contribution in [0.5, 0.6) is 0 Å². The minimum absolute atomic E-state index is 0.0396. The van der Waals surface area contributed by atoms with Gasteiger partial charge in [0.1, 0.15) is 5.01 Å². The first-order valence-electron chi connectivity index (χ1n) is 8.22. The molecule has 5 nitrogen and oxygen atoms in total. The van der Waals surface area contributed by atoms with E-state index in [4.69, 9.17) is 0 Å². The van der Waals surface area contributed by atoms with Crippen molar-refractivity contribution in [1.29, 1.82) is 0 Å². The molecule has 0 aliphatic carbocycles. The molecule has 25 heavy (non-hydrogen) atoms. The number of benzene rings is 1. The van der Waals surface area contributed by atoms with Crippen molar-refractivity contribution in [1.82, 2.24) is 20.6 Å². The predicted molar refractivity (Wildman–Crippen MR) is 98.1 cm³/mol. The first-order valence-corrected chi connectivity index (χ1v) is 9.10. The largest absolute Gasteiger partial charge is 0.349 e. The molecule has 4 rings (SSSR count). The van der Waals surface area contributed by atoms with Crippen LogP contribution in [-0.2, 0) is 17.9 Å². The van der Waals surface area contributed by atoms with Gasteiger partial charge in [0.25, 0.3) is 0 Å². The maximum atomic E-state index is 12.6. The quantitative estimate of drug-likeness (QED) is 0.759. The highest BCUT2D eigenvalue weighted by atomic mass is 32.1. The van der Waals surface area contributed by atoms with Crippen LogP contribution in [0.4, 0.5) is 0 Å². The number of amides is 1. The van der Waals surface area contributed by atoms with Gasteiger partial charge in [0.2, 0.25) is 5.91 Å². The van der Waals surface area contributed by atoms with Crippen molar-refractivity contribution in [2.75, 3.05) is 6.54 Å². The lowest BCUT2D eigenvalue weighted by atomic mass is 9.90. The summed E-state index contributed by atoms with van der Waals surface area (Å²) in [6.45, 7) is 1.94. The molecule has 3 aromatic rings. The molecular weight excluding hydrogens is 332 g/mol. The summed E-state index contributed by atoms with van der Waals surface area (Å²) in [5, 5.41) is 9.23. The summed E-state index contributed by atoms with van der Waals surface area (Å²) < 4.78 is 0. The van der Waals surface area contributed by atoms with Crippen molar-refractivity contribution in [3.8, 4) is 11.3 Å². The Hall–Kier alpha value is -2.57. The van der Waals surface area contributed by atoms with E-state index in [0.29, 0.717) is 13.1 Å². The van der Waals surface area contributed by atoms with Gasteiger partial charge in [-0.05, 0) is 23.3 Å². The number of hydrogen-bond donors (Lipinski definition) is 2. The molecule has 2 N–H and O–H groups in total. The second-order valence-electron chi connectivity index (χ2n) is 5.97. The van der Waals surface area contributed by atoms with E-state index in [1.807, 2.05) is 35.7 Å². The van der Waals surface area contributed by atoms with Crippen molar-refractivity contribution in [2.45, 2.75) is 19.0 Å². The normalized spacial score (nSPS) is 16.2. The van der Waals surface area contributed by atoms with Crippen molar-refractivity contribution in [3.05, 3.63) is 70.3 Å². The smallest absolute Gasteiger partial charge is 0.229 e. The van der Waals surface area contributed by atoms with Crippen molar-refractivity contribution < 1.29 is 4.79 Å². The molecular formula is C19H18N4OS. The van der Waals surface area contributed by atoms with Crippen LogP contribution in [0.2, 0.25) is 0 Å². The maximum absolute atomic E-state index is 12.6. The Balaban J connectivity index is 1.42. The SMILES string of the molecule is O=C(NCc1nc(-c2cccnc2)cs1)C1CNCc2ccccc21. The van der Waals surface area contributed by atoms with Crippen LogP contribution in [0, 0.1) is 0 Å². The highest BCUT2D eigenvalue weighted by molar-refractivity contribution is 7.09. The summed E-state index contributed by atoms with van der Waals surface area (Å²) in [7, 11) is 0. The van der Waals surface area contributed by atoms with Crippen molar-refractivity contribution >= 4 is 17.2 Å². The molecule has 0 bridgehead atoms. The van der Waals surface area contributed by atoms with Crippen LogP contribution in [0.25, 0.3) is 11.3 Å². The topological polar surface area (TPSA) is 66.9 Å². The van der Waals surface area contributed by atoms with E-state index in [9.17, 15) is 4.79 Å². The molecule has 0 saturated heterocycles. The lowest BCUT2D eigenvalue weighted by molar-refractivity contribution is -0.122. The average molecular weight is 350 g/mol. The Labute approximate surface area is 150 Å². The highest BCUT2D eigenvalue weighted by Crippen LogP contribution is 2.24. The molecule has 6 heteroatoms. The number of carbonyl (C=O) groups is 1. The zero-order valence-corrected chi connectivity index (χ0v) is 14.4. The van der Waals surface area contributed by atoms with Gasteiger partial charge in [-0.3, -0.25) is 9.78 Å². The lowest BCUT2D eigenvalue weighted by Crippen LogP contribution is -2.38. The average Bonchev–Trinajstić information content (AvgIpc) is 3.15. The summed E-state index contributed by atoms with van der Waals surface area (Å²) in [4.78, 5) is 21.3. The number of fused-ring (bicyclic) bond motifs is 1. The molecule has 0 spiro atoms. The van der Waals surface area contributed by atoms with E-state index < -0.39 is 0 Å². The number of nitrogens with zero attached hydrogens (tertiary/aromatic N) is 2. The standard InChI is InChI=1S/C19H18N4OS/c24-19(16-10-21-8-13-4-1-2-6-15(13)16)22-11-18-23-17(12-25-18)14-5-3-7-20-9-14/h1-7,9,12,16,21H,8,10-11H2,(H,22,24). The van der Waals surface area contributed by atoms with Crippen LogP contribution >= 0.6 is 11.3 Å². The molecule has 1 aliphatic heterocycles. The van der Waals surface area contributed by atoms with Crippen LogP contribution in [-0.4, -0.2) is 22.4 Å². The number of pyridine rings is 1. The highest BCUT2D eigenvalue weighted by Gasteiger charge is 2.25. The number of hydrogen-bond acceptors (Lipinski definition) is 5. The van der Waals surface area contributed by atoms with Gasteiger partial charge < -0.3 is 10.6 Å².